The van der Waals surface area contributed by atoms with Crippen molar-refractivity contribution in [2.75, 3.05) is 0 Å². The van der Waals surface area contributed by atoms with E-state index >= 15 is 0 Å². The monoisotopic (exact) mass is 314 g/mol. The lowest BCUT2D eigenvalue weighted by Gasteiger charge is -2.36. The van der Waals surface area contributed by atoms with Crippen LogP contribution in [0.5, 0.6) is 0 Å². The molecule has 2 rings (SSSR count). The number of ketones is 1. The van der Waals surface area contributed by atoms with E-state index in [2.05, 4.69) is 20.8 Å². The minimum absolute atomic E-state index is 0.139. The fourth-order valence-corrected chi connectivity index (χ4v) is 3.25. The maximum atomic E-state index is 12.1. The van der Waals surface area contributed by atoms with E-state index < -0.39 is 11.8 Å². The van der Waals surface area contributed by atoms with E-state index in [1.807, 2.05) is 30.3 Å². The van der Waals surface area contributed by atoms with Crippen molar-refractivity contribution >= 4 is 17.8 Å². The molecule has 3 heteroatoms. The van der Waals surface area contributed by atoms with Crippen LogP contribution in [0.15, 0.2) is 36.4 Å². The highest BCUT2D eigenvalue weighted by molar-refractivity contribution is 6.39. The number of rotatable bonds is 5. The lowest BCUT2D eigenvalue weighted by Crippen LogP contribution is -2.37. The first-order chi connectivity index (χ1) is 11.0. The standard InChI is InChI=1S/C20H26O3/c1-14(2)17-11-9-15(3)13-19(17)23-20(22)18(21)12-10-16-7-5-4-6-8-16/h4-8,10,12,14-15,17,19H,9,11,13H2,1-3H3/b12-10+/t15-,17+,19-/m0/s1. The lowest BCUT2D eigenvalue weighted by molar-refractivity contribution is -0.161. The number of hydrogen-bond donors (Lipinski definition) is 0. The van der Waals surface area contributed by atoms with E-state index in [9.17, 15) is 9.59 Å². The van der Waals surface area contributed by atoms with E-state index in [-0.39, 0.29) is 6.10 Å². The van der Waals surface area contributed by atoms with Gasteiger partial charge in [-0.3, -0.25) is 4.79 Å². The third-order valence-corrected chi connectivity index (χ3v) is 4.65. The predicted molar refractivity (Wildman–Crippen MR) is 91.7 cm³/mol. The molecule has 0 aliphatic heterocycles. The van der Waals surface area contributed by atoms with E-state index in [4.69, 9.17) is 4.74 Å². The smallest absolute Gasteiger partial charge is 0.379 e. The van der Waals surface area contributed by atoms with Gasteiger partial charge >= 0.3 is 5.97 Å². The van der Waals surface area contributed by atoms with E-state index in [0.29, 0.717) is 17.8 Å². The number of hydrogen-bond acceptors (Lipinski definition) is 3. The van der Waals surface area contributed by atoms with Gasteiger partial charge in [-0.2, -0.15) is 0 Å². The molecule has 3 atom stereocenters. The second-order valence-corrected chi connectivity index (χ2v) is 6.88. The number of carbonyl (C=O) groups excluding carboxylic acids is 2. The molecule has 1 aliphatic rings. The van der Waals surface area contributed by atoms with Crippen molar-refractivity contribution in [1.82, 2.24) is 0 Å². The largest absolute Gasteiger partial charge is 0.456 e. The van der Waals surface area contributed by atoms with Crippen LogP contribution in [0.25, 0.3) is 6.08 Å². The molecule has 1 aliphatic carbocycles. The minimum atomic E-state index is -0.734. The SMILES string of the molecule is CC(C)[C@H]1CC[C@H](C)C[C@@H]1OC(=O)C(=O)/C=C/c1ccccc1. The summed E-state index contributed by atoms with van der Waals surface area (Å²) in [6.07, 6.45) is 5.88. The lowest BCUT2D eigenvalue weighted by atomic mass is 9.75. The van der Waals surface area contributed by atoms with Crippen LogP contribution in [0.4, 0.5) is 0 Å². The molecular formula is C20H26O3. The van der Waals surface area contributed by atoms with Gasteiger partial charge in [0.25, 0.3) is 5.78 Å². The first kappa shape index (κ1) is 17.5. The van der Waals surface area contributed by atoms with Gasteiger partial charge in [-0.25, -0.2) is 4.79 Å². The van der Waals surface area contributed by atoms with Crippen molar-refractivity contribution in [3.63, 3.8) is 0 Å². The predicted octanol–water partition coefficient (Wildman–Crippen LogP) is 4.27. The van der Waals surface area contributed by atoms with Crippen LogP contribution in [0.3, 0.4) is 0 Å². The van der Waals surface area contributed by atoms with Gasteiger partial charge in [0.1, 0.15) is 6.10 Å². The van der Waals surface area contributed by atoms with Gasteiger partial charge in [-0.1, -0.05) is 63.6 Å². The summed E-state index contributed by atoms with van der Waals surface area (Å²) in [5, 5.41) is 0. The third-order valence-electron chi connectivity index (χ3n) is 4.65. The first-order valence-corrected chi connectivity index (χ1v) is 8.45. The number of benzene rings is 1. The molecule has 1 aromatic rings. The molecule has 0 radical (unpaired) electrons. The van der Waals surface area contributed by atoms with Crippen molar-refractivity contribution < 1.29 is 14.3 Å². The van der Waals surface area contributed by atoms with Crippen LogP contribution in [0, 0.1) is 17.8 Å². The Labute approximate surface area is 138 Å². The zero-order valence-electron chi connectivity index (χ0n) is 14.2. The number of ether oxygens (including phenoxy) is 1. The summed E-state index contributed by atoms with van der Waals surface area (Å²) in [6.45, 7) is 6.48. The molecule has 0 N–H and O–H groups in total. The maximum Gasteiger partial charge on any atom is 0.379 e. The average Bonchev–Trinajstić information content (AvgIpc) is 2.53. The summed E-state index contributed by atoms with van der Waals surface area (Å²) in [7, 11) is 0. The van der Waals surface area contributed by atoms with Crippen molar-refractivity contribution in [3.05, 3.63) is 42.0 Å². The summed E-state index contributed by atoms with van der Waals surface area (Å²) < 4.78 is 5.55. The molecule has 0 bridgehead atoms. The zero-order chi connectivity index (χ0) is 16.8. The van der Waals surface area contributed by atoms with Gasteiger partial charge in [0.05, 0.1) is 0 Å². The Morgan fingerprint density at radius 1 is 1.17 bits per heavy atom. The first-order valence-electron chi connectivity index (χ1n) is 8.45. The van der Waals surface area contributed by atoms with E-state index in [1.54, 1.807) is 6.08 Å². The summed E-state index contributed by atoms with van der Waals surface area (Å²) in [6, 6.07) is 9.45. The number of esters is 1. The Hall–Kier alpha value is -1.90. The average molecular weight is 314 g/mol. The fraction of sp³-hybridized carbons (Fsp3) is 0.500. The fourth-order valence-electron chi connectivity index (χ4n) is 3.25. The molecule has 23 heavy (non-hydrogen) atoms. The third kappa shape index (κ3) is 5.05. The van der Waals surface area contributed by atoms with Gasteiger partial charge in [-0.15, -0.1) is 0 Å². The summed E-state index contributed by atoms with van der Waals surface area (Å²) in [5.74, 6) is 0.0191. The molecule has 1 aromatic carbocycles. The minimum Gasteiger partial charge on any atom is -0.456 e. The normalized spacial score (nSPS) is 24.8. The second kappa shape index (κ2) is 8.09. The van der Waals surface area contributed by atoms with Gasteiger partial charge in [-0.05, 0) is 42.2 Å². The van der Waals surface area contributed by atoms with Crippen LogP contribution in [-0.2, 0) is 14.3 Å². The van der Waals surface area contributed by atoms with Gasteiger partial charge in [0.15, 0.2) is 0 Å². The molecular weight excluding hydrogens is 288 g/mol. The van der Waals surface area contributed by atoms with Gasteiger partial charge in [0.2, 0.25) is 0 Å². The Morgan fingerprint density at radius 3 is 2.52 bits per heavy atom. The van der Waals surface area contributed by atoms with Crippen molar-refractivity contribution in [3.8, 4) is 0 Å². The highest BCUT2D eigenvalue weighted by atomic mass is 16.5. The molecule has 1 fully saturated rings. The van der Waals surface area contributed by atoms with E-state index in [0.717, 1.165) is 18.4 Å². The highest BCUT2D eigenvalue weighted by Crippen LogP contribution is 2.35. The van der Waals surface area contributed by atoms with Crippen molar-refractivity contribution in [1.29, 1.82) is 0 Å². The van der Waals surface area contributed by atoms with Crippen LogP contribution in [0.1, 0.15) is 45.6 Å². The van der Waals surface area contributed by atoms with Gasteiger partial charge in [0, 0.05) is 0 Å². The Balaban J connectivity index is 1.96. The molecule has 0 unspecified atom stereocenters. The Morgan fingerprint density at radius 2 is 1.87 bits per heavy atom. The molecule has 0 saturated heterocycles. The van der Waals surface area contributed by atoms with Crippen molar-refractivity contribution in [2.24, 2.45) is 17.8 Å². The highest BCUT2D eigenvalue weighted by Gasteiger charge is 2.34. The summed E-state index contributed by atoms with van der Waals surface area (Å²) in [5.41, 5.74) is 0.889. The van der Waals surface area contributed by atoms with Crippen LogP contribution < -0.4 is 0 Å². The quantitative estimate of drug-likeness (QED) is 0.463. The summed E-state index contributed by atoms with van der Waals surface area (Å²) >= 11 is 0. The Bertz CT molecular complexity index is 560. The molecule has 3 nitrogen and oxygen atoms in total. The van der Waals surface area contributed by atoms with Crippen LogP contribution >= 0.6 is 0 Å². The number of carbonyl (C=O) groups is 2. The molecule has 0 spiro atoms. The molecule has 0 amide bonds. The van der Waals surface area contributed by atoms with Gasteiger partial charge < -0.3 is 4.74 Å². The molecule has 124 valence electrons. The molecule has 0 heterocycles. The molecule has 1 saturated carbocycles. The topological polar surface area (TPSA) is 43.4 Å². The Kier molecular flexibility index (Phi) is 6.14. The molecule has 0 aromatic heterocycles. The maximum absolute atomic E-state index is 12.1. The van der Waals surface area contributed by atoms with Crippen molar-refractivity contribution in [2.45, 2.75) is 46.1 Å². The van der Waals surface area contributed by atoms with Crippen LogP contribution in [-0.4, -0.2) is 17.9 Å². The zero-order valence-corrected chi connectivity index (χ0v) is 14.2. The second-order valence-electron chi connectivity index (χ2n) is 6.88. The van der Waals surface area contributed by atoms with Crippen LogP contribution in [0.2, 0.25) is 0 Å². The summed E-state index contributed by atoms with van der Waals surface area (Å²) in [4.78, 5) is 24.1. The van der Waals surface area contributed by atoms with E-state index in [1.165, 1.54) is 12.5 Å².